The van der Waals surface area contributed by atoms with Crippen molar-refractivity contribution in [1.82, 2.24) is 0 Å². The van der Waals surface area contributed by atoms with Crippen molar-refractivity contribution in [2.24, 2.45) is 0 Å². The predicted octanol–water partition coefficient (Wildman–Crippen LogP) is 3.90. The van der Waals surface area contributed by atoms with Gasteiger partial charge < -0.3 is 16.2 Å². The molecule has 0 aliphatic heterocycles. The van der Waals surface area contributed by atoms with E-state index in [1.54, 1.807) is 6.07 Å². The van der Waals surface area contributed by atoms with E-state index in [4.69, 9.17) is 10.8 Å². The van der Waals surface area contributed by atoms with Gasteiger partial charge in [0.15, 0.2) is 0 Å². The van der Waals surface area contributed by atoms with Gasteiger partial charge in [-0.05, 0) is 42.8 Å². The molecule has 104 valence electrons. The van der Waals surface area contributed by atoms with Crippen LogP contribution in [0.5, 0.6) is 0 Å². The third kappa shape index (κ3) is 3.30. The molecule has 0 aliphatic rings. The average molecular weight is 335 g/mol. The first-order chi connectivity index (χ1) is 9.47. The van der Waals surface area contributed by atoms with E-state index >= 15 is 0 Å². The van der Waals surface area contributed by atoms with Crippen LogP contribution in [0, 0.1) is 0 Å². The zero-order valence-corrected chi connectivity index (χ0v) is 12.5. The Kier molecular flexibility index (Phi) is 4.29. The van der Waals surface area contributed by atoms with E-state index in [1.807, 2.05) is 31.2 Å². The van der Waals surface area contributed by atoms with E-state index in [0.29, 0.717) is 5.69 Å². The van der Waals surface area contributed by atoms with Gasteiger partial charge in [0.05, 0.1) is 16.9 Å². The molecule has 0 aromatic heterocycles. The monoisotopic (exact) mass is 334 g/mol. The van der Waals surface area contributed by atoms with Crippen LogP contribution < -0.4 is 11.1 Å². The van der Waals surface area contributed by atoms with Crippen LogP contribution in [0.4, 0.5) is 11.4 Å². The SMILES string of the molecule is CC(Nc1ccc(C(=O)O)cc1N)c1cccc(Br)c1. The van der Waals surface area contributed by atoms with Gasteiger partial charge in [0.25, 0.3) is 0 Å². The van der Waals surface area contributed by atoms with Crippen molar-refractivity contribution in [3.05, 3.63) is 58.1 Å². The third-order valence-corrected chi connectivity index (χ3v) is 3.51. The summed E-state index contributed by atoms with van der Waals surface area (Å²) in [5.74, 6) is -0.983. The van der Waals surface area contributed by atoms with Crippen LogP contribution in [0.2, 0.25) is 0 Å². The van der Waals surface area contributed by atoms with Crippen molar-refractivity contribution < 1.29 is 9.90 Å². The maximum Gasteiger partial charge on any atom is 0.335 e. The van der Waals surface area contributed by atoms with Gasteiger partial charge in [-0.2, -0.15) is 0 Å². The summed E-state index contributed by atoms with van der Waals surface area (Å²) in [6.07, 6.45) is 0. The zero-order valence-electron chi connectivity index (χ0n) is 10.9. The molecule has 0 aliphatic carbocycles. The first kappa shape index (κ1) is 14.4. The molecule has 0 amide bonds. The predicted molar refractivity (Wildman–Crippen MR) is 84.0 cm³/mol. The van der Waals surface area contributed by atoms with Gasteiger partial charge in [0, 0.05) is 10.5 Å². The standard InChI is InChI=1S/C15H15BrN2O2/c1-9(10-3-2-4-12(16)7-10)18-14-6-5-11(15(19)20)8-13(14)17/h2-9,18H,17H2,1H3,(H,19,20). The molecule has 0 radical (unpaired) electrons. The van der Waals surface area contributed by atoms with Crippen molar-refractivity contribution in [3.8, 4) is 0 Å². The fourth-order valence-electron chi connectivity index (χ4n) is 1.92. The van der Waals surface area contributed by atoms with Crippen molar-refractivity contribution in [3.63, 3.8) is 0 Å². The van der Waals surface area contributed by atoms with Crippen LogP contribution in [-0.4, -0.2) is 11.1 Å². The van der Waals surface area contributed by atoms with Crippen LogP contribution in [0.15, 0.2) is 46.9 Å². The smallest absolute Gasteiger partial charge is 0.335 e. The second kappa shape index (κ2) is 5.96. The molecule has 4 nitrogen and oxygen atoms in total. The van der Waals surface area contributed by atoms with Crippen molar-refractivity contribution in [1.29, 1.82) is 0 Å². The number of nitrogens with two attached hydrogens (primary N) is 1. The first-order valence-electron chi connectivity index (χ1n) is 6.12. The van der Waals surface area contributed by atoms with Crippen molar-refractivity contribution in [2.75, 3.05) is 11.1 Å². The number of benzene rings is 2. The Bertz CT molecular complexity index is 644. The lowest BCUT2D eigenvalue weighted by molar-refractivity contribution is 0.0697. The fraction of sp³-hybridized carbons (Fsp3) is 0.133. The molecule has 20 heavy (non-hydrogen) atoms. The Balaban J connectivity index is 2.19. The van der Waals surface area contributed by atoms with E-state index in [1.165, 1.54) is 12.1 Å². The Hall–Kier alpha value is -2.01. The topological polar surface area (TPSA) is 75.3 Å². The lowest BCUT2D eigenvalue weighted by Crippen LogP contribution is -2.09. The van der Waals surface area contributed by atoms with Crippen LogP contribution in [-0.2, 0) is 0 Å². The highest BCUT2D eigenvalue weighted by atomic mass is 79.9. The molecule has 4 N–H and O–H groups in total. The minimum absolute atomic E-state index is 0.0606. The number of nitrogens with one attached hydrogen (secondary N) is 1. The minimum Gasteiger partial charge on any atom is -0.478 e. The molecular formula is C15H15BrN2O2. The van der Waals surface area contributed by atoms with Gasteiger partial charge in [0.2, 0.25) is 0 Å². The van der Waals surface area contributed by atoms with E-state index in [2.05, 4.69) is 21.2 Å². The summed E-state index contributed by atoms with van der Waals surface area (Å²) < 4.78 is 1.01. The molecule has 2 rings (SSSR count). The zero-order chi connectivity index (χ0) is 14.7. The quantitative estimate of drug-likeness (QED) is 0.741. The highest BCUT2D eigenvalue weighted by Gasteiger charge is 2.10. The molecule has 5 heteroatoms. The first-order valence-corrected chi connectivity index (χ1v) is 6.91. The lowest BCUT2D eigenvalue weighted by atomic mass is 10.1. The number of hydrogen-bond donors (Lipinski definition) is 3. The molecular weight excluding hydrogens is 320 g/mol. The summed E-state index contributed by atoms with van der Waals surface area (Å²) in [5.41, 5.74) is 8.32. The van der Waals surface area contributed by atoms with E-state index in [-0.39, 0.29) is 11.6 Å². The number of hydrogen-bond acceptors (Lipinski definition) is 3. The Labute approximate surface area is 125 Å². The number of aromatic carboxylic acids is 1. The molecule has 0 spiro atoms. The van der Waals surface area contributed by atoms with Crippen LogP contribution in [0.3, 0.4) is 0 Å². The van der Waals surface area contributed by atoms with Gasteiger partial charge in [0.1, 0.15) is 0 Å². The van der Waals surface area contributed by atoms with Crippen molar-refractivity contribution >= 4 is 33.3 Å². The fourth-order valence-corrected chi connectivity index (χ4v) is 2.34. The van der Waals surface area contributed by atoms with Crippen LogP contribution in [0.1, 0.15) is 28.9 Å². The number of rotatable bonds is 4. The van der Waals surface area contributed by atoms with E-state index in [0.717, 1.165) is 15.7 Å². The molecule has 0 saturated carbocycles. The second-order valence-electron chi connectivity index (χ2n) is 4.53. The normalized spacial score (nSPS) is 11.9. The second-order valence-corrected chi connectivity index (χ2v) is 5.44. The van der Waals surface area contributed by atoms with Gasteiger partial charge >= 0.3 is 5.97 Å². The van der Waals surface area contributed by atoms with E-state index < -0.39 is 5.97 Å². The summed E-state index contributed by atoms with van der Waals surface area (Å²) in [4.78, 5) is 10.9. The van der Waals surface area contributed by atoms with Gasteiger partial charge in [-0.1, -0.05) is 28.1 Å². The molecule has 0 bridgehead atoms. The molecule has 0 saturated heterocycles. The van der Waals surface area contributed by atoms with Crippen LogP contribution >= 0.6 is 15.9 Å². The Morgan fingerprint density at radius 2 is 2.05 bits per heavy atom. The van der Waals surface area contributed by atoms with Gasteiger partial charge in [-0.15, -0.1) is 0 Å². The largest absolute Gasteiger partial charge is 0.478 e. The molecule has 1 unspecified atom stereocenters. The van der Waals surface area contributed by atoms with Gasteiger partial charge in [-0.25, -0.2) is 4.79 Å². The summed E-state index contributed by atoms with van der Waals surface area (Å²) in [6.45, 7) is 2.02. The Morgan fingerprint density at radius 1 is 1.30 bits per heavy atom. The number of anilines is 2. The summed E-state index contributed by atoms with van der Waals surface area (Å²) >= 11 is 3.44. The van der Waals surface area contributed by atoms with Crippen molar-refractivity contribution in [2.45, 2.75) is 13.0 Å². The number of carboxylic acid groups (broad SMARTS) is 1. The highest BCUT2D eigenvalue weighted by molar-refractivity contribution is 9.10. The molecule has 0 fully saturated rings. The number of nitrogen functional groups attached to an aromatic ring is 1. The number of carbonyl (C=O) groups is 1. The lowest BCUT2D eigenvalue weighted by Gasteiger charge is -2.17. The van der Waals surface area contributed by atoms with Gasteiger partial charge in [-0.3, -0.25) is 0 Å². The third-order valence-electron chi connectivity index (χ3n) is 3.02. The Morgan fingerprint density at radius 3 is 2.65 bits per heavy atom. The van der Waals surface area contributed by atoms with E-state index in [9.17, 15) is 4.79 Å². The average Bonchev–Trinajstić information content (AvgIpc) is 2.40. The summed E-state index contributed by atoms with van der Waals surface area (Å²) in [6, 6.07) is 12.7. The summed E-state index contributed by atoms with van der Waals surface area (Å²) in [7, 11) is 0. The molecule has 2 aromatic rings. The number of carboxylic acids is 1. The number of halogens is 1. The highest BCUT2D eigenvalue weighted by Crippen LogP contribution is 2.26. The molecule has 0 heterocycles. The van der Waals surface area contributed by atoms with Crippen LogP contribution in [0.25, 0.3) is 0 Å². The maximum atomic E-state index is 10.9. The maximum absolute atomic E-state index is 10.9. The molecule has 1 atom stereocenters. The summed E-state index contributed by atoms with van der Waals surface area (Å²) in [5, 5.41) is 12.2. The molecule has 2 aromatic carbocycles. The minimum atomic E-state index is -0.983.